The van der Waals surface area contributed by atoms with Crippen molar-refractivity contribution in [1.29, 1.82) is 0 Å². The zero-order chi connectivity index (χ0) is 16.7. The van der Waals surface area contributed by atoms with E-state index in [0.717, 1.165) is 25.7 Å². The highest BCUT2D eigenvalue weighted by atomic mass is 16.5. The van der Waals surface area contributed by atoms with Gasteiger partial charge in [-0.15, -0.1) is 5.10 Å². The van der Waals surface area contributed by atoms with Crippen LogP contribution in [0, 0.1) is 0 Å². The van der Waals surface area contributed by atoms with Crippen LogP contribution in [0.4, 0.5) is 0 Å². The molecular formula is C15H24N4O4. The summed E-state index contributed by atoms with van der Waals surface area (Å²) in [6.07, 6.45) is 7.47. The number of carbonyl (C=O) groups is 2. The second-order valence-corrected chi connectivity index (χ2v) is 5.81. The summed E-state index contributed by atoms with van der Waals surface area (Å²) in [4.78, 5) is 22.8. The highest BCUT2D eigenvalue weighted by Crippen LogP contribution is 2.22. The number of carboxylic acid groups (broad SMARTS) is 1. The molecular weight excluding hydrogens is 300 g/mol. The van der Waals surface area contributed by atoms with Gasteiger partial charge in [0.25, 0.3) is 0 Å². The Morgan fingerprint density at radius 3 is 2.83 bits per heavy atom. The lowest BCUT2D eigenvalue weighted by Crippen LogP contribution is -2.38. The van der Waals surface area contributed by atoms with Crippen LogP contribution in [-0.4, -0.2) is 44.2 Å². The fraction of sp³-hybridized carbons (Fsp3) is 0.733. The van der Waals surface area contributed by atoms with Gasteiger partial charge < -0.3 is 15.2 Å². The Labute approximate surface area is 135 Å². The van der Waals surface area contributed by atoms with Crippen LogP contribution in [0.1, 0.15) is 51.1 Å². The number of rotatable bonds is 8. The van der Waals surface area contributed by atoms with Crippen molar-refractivity contribution >= 4 is 11.9 Å². The first kappa shape index (κ1) is 17.4. The van der Waals surface area contributed by atoms with Gasteiger partial charge in [-0.3, -0.25) is 9.59 Å². The molecule has 1 aromatic heterocycles. The summed E-state index contributed by atoms with van der Waals surface area (Å²) < 4.78 is 7.14. The van der Waals surface area contributed by atoms with E-state index in [9.17, 15) is 9.59 Å². The van der Waals surface area contributed by atoms with Crippen LogP contribution in [0.25, 0.3) is 0 Å². The lowest BCUT2D eigenvalue weighted by Gasteiger charge is -2.26. The fourth-order valence-electron chi connectivity index (χ4n) is 2.70. The van der Waals surface area contributed by atoms with Gasteiger partial charge in [-0.1, -0.05) is 31.4 Å². The van der Waals surface area contributed by atoms with Gasteiger partial charge in [-0.25, -0.2) is 4.68 Å². The van der Waals surface area contributed by atoms with Gasteiger partial charge in [-0.2, -0.15) is 0 Å². The molecule has 0 aromatic carbocycles. The normalized spacial score (nSPS) is 16.9. The van der Waals surface area contributed by atoms with E-state index in [2.05, 4.69) is 15.6 Å². The largest absolute Gasteiger partial charge is 0.480 e. The summed E-state index contributed by atoms with van der Waals surface area (Å²) in [7, 11) is 0. The number of amides is 1. The zero-order valence-corrected chi connectivity index (χ0v) is 13.4. The summed E-state index contributed by atoms with van der Waals surface area (Å²) in [5, 5.41) is 19.0. The van der Waals surface area contributed by atoms with Crippen LogP contribution in [0.3, 0.4) is 0 Å². The number of nitrogens with one attached hydrogen (secondary N) is 1. The van der Waals surface area contributed by atoms with Crippen LogP contribution in [-0.2, 0) is 27.4 Å². The van der Waals surface area contributed by atoms with Crippen molar-refractivity contribution in [2.24, 2.45) is 0 Å². The maximum absolute atomic E-state index is 12.2. The maximum Gasteiger partial charge on any atom is 0.325 e. The van der Waals surface area contributed by atoms with E-state index in [1.54, 1.807) is 0 Å². The molecule has 0 radical (unpaired) electrons. The first-order valence-corrected chi connectivity index (χ1v) is 8.12. The molecule has 2 N–H and O–H groups in total. The Morgan fingerprint density at radius 2 is 2.17 bits per heavy atom. The van der Waals surface area contributed by atoms with Crippen molar-refractivity contribution in [3.63, 3.8) is 0 Å². The van der Waals surface area contributed by atoms with Gasteiger partial charge in [0.15, 0.2) is 0 Å². The average Bonchev–Trinajstić information content (AvgIpc) is 2.98. The van der Waals surface area contributed by atoms with E-state index >= 15 is 0 Å². The van der Waals surface area contributed by atoms with Crippen molar-refractivity contribution in [3.8, 4) is 0 Å². The number of nitrogens with zero attached hydrogens (tertiary/aromatic N) is 3. The molecule has 1 atom stereocenters. The first-order chi connectivity index (χ1) is 11.1. The zero-order valence-electron chi connectivity index (χ0n) is 13.4. The third-order valence-electron chi connectivity index (χ3n) is 3.90. The minimum Gasteiger partial charge on any atom is -0.480 e. The van der Waals surface area contributed by atoms with Crippen molar-refractivity contribution in [1.82, 2.24) is 20.3 Å². The summed E-state index contributed by atoms with van der Waals surface area (Å²) >= 11 is 0. The number of carboxylic acids is 1. The molecule has 0 saturated heterocycles. The van der Waals surface area contributed by atoms with Crippen LogP contribution in [0.5, 0.6) is 0 Å². The number of aromatic nitrogens is 3. The number of ether oxygens (including phenoxy) is 1. The molecule has 1 aliphatic carbocycles. The highest BCUT2D eigenvalue weighted by molar-refractivity contribution is 5.80. The van der Waals surface area contributed by atoms with E-state index in [0.29, 0.717) is 12.1 Å². The molecule has 2 rings (SSSR count). The number of hydrogen-bond acceptors (Lipinski definition) is 5. The number of hydrogen-bond donors (Lipinski definition) is 2. The second kappa shape index (κ2) is 8.61. The molecule has 0 spiro atoms. The van der Waals surface area contributed by atoms with Gasteiger partial charge in [-0.05, 0) is 19.3 Å². The molecule has 128 valence electrons. The van der Waals surface area contributed by atoms with Crippen molar-refractivity contribution in [3.05, 3.63) is 11.9 Å². The first-order valence-electron chi connectivity index (χ1n) is 8.12. The molecule has 1 heterocycles. The summed E-state index contributed by atoms with van der Waals surface area (Å²) in [5.74, 6) is -1.15. The molecule has 1 saturated carbocycles. The standard InChI is InChI=1S/C15H24N4O4/c1-2-13(23-12-6-4-3-5-7-12)15(22)16-8-11-9-19(18-17-11)10-14(20)21/h9,12-13H,2-8,10H2,1H3,(H,16,22)(H,20,21). The topological polar surface area (TPSA) is 106 Å². The third kappa shape index (κ3) is 5.63. The summed E-state index contributed by atoms with van der Waals surface area (Å²) in [6.45, 7) is 1.89. The van der Waals surface area contributed by atoms with E-state index < -0.39 is 12.1 Å². The molecule has 0 aliphatic heterocycles. The number of aliphatic carboxylic acids is 1. The predicted molar refractivity (Wildman–Crippen MR) is 81.5 cm³/mol. The minimum absolute atomic E-state index is 0.161. The SMILES string of the molecule is CCC(OC1CCCCC1)C(=O)NCc1cn(CC(=O)O)nn1. The minimum atomic E-state index is -0.989. The van der Waals surface area contributed by atoms with Crippen molar-refractivity contribution in [2.45, 2.75) is 70.7 Å². The van der Waals surface area contributed by atoms with Crippen LogP contribution in [0.15, 0.2) is 6.20 Å². The monoisotopic (exact) mass is 324 g/mol. The smallest absolute Gasteiger partial charge is 0.325 e. The van der Waals surface area contributed by atoms with Crippen LogP contribution < -0.4 is 5.32 Å². The summed E-state index contributed by atoms with van der Waals surface area (Å²) in [6, 6.07) is 0. The fourth-order valence-corrected chi connectivity index (χ4v) is 2.70. The molecule has 1 fully saturated rings. The van der Waals surface area contributed by atoms with Gasteiger partial charge in [0.2, 0.25) is 5.91 Å². The Hall–Kier alpha value is -1.96. The van der Waals surface area contributed by atoms with Gasteiger partial charge in [0.1, 0.15) is 18.3 Å². The van der Waals surface area contributed by atoms with Crippen molar-refractivity contribution < 1.29 is 19.4 Å². The highest BCUT2D eigenvalue weighted by Gasteiger charge is 2.23. The predicted octanol–water partition coefficient (Wildman–Crippen LogP) is 1.11. The maximum atomic E-state index is 12.2. The van der Waals surface area contributed by atoms with E-state index in [1.807, 2.05) is 6.92 Å². The van der Waals surface area contributed by atoms with Gasteiger partial charge in [0.05, 0.1) is 18.8 Å². The molecule has 8 nitrogen and oxygen atoms in total. The molecule has 0 bridgehead atoms. The Balaban J connectivity index is 1.79. The Kier molecular flexibility index (Phi) is 6.52. The Bertz CT molecular complexity index is 525. The molecule has 1 amide bonds. The van der Waals surface area contributed by atoms with Crippen LogP contribution in [0.2, 0.25) is 0 Å². The molecule has 1 aromatic rings. The molecule has 23 heavy (non-hydrogen) atoms. The second-order valence-electron chi connectivity index (χ2n) is 5.81. The Morgan fingerprint density at radius 1 is 1.43 bits per heavy atom. The molecule has 1 aliphatic rings. The average molecular weight is 324 g/mol. The number of carbonyl (C=O) groups excluding carboxylic acids is 1. The third-order valence-corrected chi connectivity index (χ3v) is 3.90. The summed E-state index contributed by atoms with van der Waals surface area (Å²) in [5.41, 5.74) is 0.520. The quantitative estimate of drug-likeness (QED) is 0.742. The van der Waals surface area contributed by atoms with E-state index in [4.69, 9.17) is 9.84 Å². The van der Waals surface area contributed by atoms with Crippen LogP contribution >= 0.6 is 0 Å². The lowest BCUT2D eigenvalue weighted by molar-refractivity contribution is -0.139. The van der Waals surface area contributed by atoms with E-state index in [1.165, 1.54) is 17.3 Å². The molecule has 8 heteroatoms. The van der Waals surface area contributed by atoms with E-state index in [-0.39, 0.29) is 25.1 Å². The van der Waals surface area contributed by atoms with Gasteiger partial charge in [0, 0.05) is 0 Å². The van der Waals surface area contributed by atoms with Gasteiger partial charge >= 0.3 is 5.97 Å². The molecule has 1 unspecified atom stereocenters. The van der Waals surface area contributed by atoms with Crippen molar-refractivity contribution in [2.75, 3.05) is 0 Å². The lowest BCUT2D eigenvalue weighted by atomic mass is 9.97.